The normalized spacial score (nSPS) is 12.7. The highest BCUT2D eigenvalue weighted by Gasteiger charge is 2.15. The van der Waals surface area contributed by atoms with Crippen LogP contribution in [-0.2, 0) is 4.79 Å². The monoisotopic (exact) mass is 221 g/mol. The van der Waals surface area contributed by atoms with Gasteiger partial charge < -0.3 is 15.5 Å². The summed E-state index contributed by atoms with van der Waals surface area (Å²) >= 11 is 1.58. The van der Waals surface area contributed by atoms with Crippen LogP contribution in [0, 0.1) is 0 Å². The molecule has 0 spiro atoms. The minimum Gasteiger partial charge on any atom is -0.480 e. The lowest BCUT2D eigenvalue weighted by Gasteiger charge is -2.12. The molecule has 14 heavy (non-hydrogen) atoms. The van der Waals surface area contributed by atoms with Crippen LogP contribution in [0.2, 0.25) is 0 Å². The second kappa shape index (κ2) is 9.30. The number of aliphatic hydroxyl groups is 1. The molecule has 0 saturated carbocycles. The first-order valence-corrected chi connectivity index (χ1v) is 6.02. The van der Waals surface area contributed by atoms with E-state index in [1.54, 1.807) is 11.8 Å². The fraction of sp³-hybridized carbons (Fsp3) is 0.889. The number of nitrogens with one attached hydrogen (secondary N) is 1. The van der Waals surface area contributed by atoms with Crippen molar-refractivity contribution >= 4 is 17.7 Å². The van der Waals surface area contributed by atoms with Gasteiger partial charge in [0.2, 0.25) is 0 Å². The Morgan fingerprint density at radius 3 is 2.71 bits per heavy atom. The van der Waals surface area contributed by atoms with Crippen LogP contribution in [0.4, 0.5) is 0 Å². The maximum absolute atomic E-state index is 10.7. The topological polar surface area (TPSA) is 69.6 Å². The summed E-state index contributed by atoms with van der Waals surface area (Å²) < 4.78 is 0. The number of carboxylic acid groups (broad SMARTS) is 1. The Kier molecular flexibility index (Phi) is 9.13. The van der Waals surface area contributed by atoms with Crippen LogP contribution in [-0.4, -0.2) is 46.9 Å². The number of hydrogen-bond donors (Lipinski definition) is 3. The number of aliphatic hydroxyl groups excluding tert-OH is 1. The lowest BCUT2D eigenvalue weighted by Crippen LogP contribution is -2.37. The molecular formula is C9H19NO3S. The van der Waals surface area contributed by atoms with Gasteiger partial charge in [-0.2, -0.15) is 11.8 Å². The van der Waals surface area contributed by atoms with Gasteiger partial charge in [0, 0.05) is 5.75 Å². The molecule has 1 unspecified atom stereocenters. The fourth-order valence-electron chi connectivity index (χ4n) is 0.999. The second-order valence-corrected chi connectivity index (χ2v) is 4.19. The molecule has 0 aliphatic carbocycles. The first-order valence-electron chi connectivity index (χ1n) is 4.87. The Labute approximate surface area is 89.1 Å². The number of carboxylic acids is 1. The molecule has 3 N–H and O–H groups in total. The summed E-state index contributed by atoms with van der Waals surface area (Å²) in [4.78, 5) is 10.7. The molecule has 0 radical (unpaired) electrons. The maximum atomic E-state index is 10.7. The molecule has 0 saturated heterocycles. The summed E-state index contributed by atoms with van der Waals surface area (Å²) in [7, 11) is 0. The van der Waals surface area contributed by atoms with E-state index >= 15 is 0 Å². The zero-order valence-corrected chi connectivity index (χ0v) is 9.35. The molecule has 0 bridgehead atoms. The van der Waals surface area contributed by atoms with Crippen LogP contribution in [0.25, 0.3) is 0 Å². The Morgan fingerprint density at radius 2 is 2.21 bits per heavy atom. The van der Waals surface area contributed by atoms with E-state index in [-0.39, 0.29) is 6.61 Å². The van der Waals surface area contributed by atoms with Crippen molar-refractivity contribution in [2.45, 2.75) is 25.8 Å². The highest BCUT2D eigenvalue weighted by molar-refractivity contribution is 7.99. The quantitative estimate of drug-likeness (QED) is 0.496. The molecule has 84 valence electrons. The minimum absolute atomic E-state index is 0.158. The van der Waals surface area contributed by atoms with E-state index in [4.69, 9.17) is 10.2 Å². The van der Waals surface area contributed by atoms with Gasteiger partial charge in [-0.1, -0.05) is 6.92 Å². The number of hydrogen-bond acceptors (Lipinski definition) is 4. The van der Waals surface area contributed by atoms with E-state index in [1.165, 1.54) is 0 Å². The van der Waals surface area contributed by atoms with E-state index in [0.717, 1.165) is 18.7 Å². The average Bonchev–Trinajstić information content (AvgIpc) is 2.16. The molecule has 0 heterocycles. The van der Waals surface area contributed by atoms with E-state index < -0.39 is 12.0 Å². The average molecular weight is 221 g/mol. The number of aliphatic carboxylic acids is 1. The Bertz CT molecular complexity index is 155. The highest BCUT2D eigenvalue weighted by atomic mass is 32.2. The summed E-state index contributed by atoms with van der Waals surface area (Å²) in [5, 5.41) is 20.3. The third-order valence-corrected chi connectivity index (χ3v) is 2.72. The van der Waals surface area contributed by atoms with Gasteiger partial charge in [-0.15, -0.1) is 0 Å². The van der Waals surface area contributed by atoms with Gasteiger partial charge in [0.05, 0.1) is 6.61 Å². The van der Waals surface area contributed by atoms with Crippen LogP contribution < -0.4 is 5.32 Å². The Balaban J connectivity index is 3.57. The number of carbonyl (C=O) groups is 1. The lowest BCUT2D eigenvalue weighted by atomic mass is 10.2. The standard InChI is InChI=1S/C9H19NO3S/c1-2-4-10-8(9(12)13)3-6-14-7-5-11/h8,10-11H,2-7H2,1H3,(H,12,13). The van der Waals surface area contributed by atoms with Crippen molar-refractivity contribution in [2.24, 2.45) is 0 Å². The molecule has 5 heteroatoms. The zero-order chi connectivity index (χ0) is 10.8. The van der Waals surface area contributed by atoms with Crippen molar-refractivity contribution in [1.29, 1.82) is 0 Å². The predicted molar refractivity (Wildman–Crippen MR) is 58.7 cm³/mol. The zero-order valence-electron chi connectivity index (χ0n) is 8.53. The van der Waals surface area contributed by atoms with Gasteiger partial charge in [-0.25, -0.2) is 0 Å². The van der Waals surface area contributed by atoms with Crippen molar-refractivity contribution < 1.29 is 15.0 Å². The van der Waals surface area contributed by atoms with Crippen LogP contribution in [0.3, 0.4) is 0 Å². The summed E-state index contributed by atoms with van der Waals surface area (Å²) in [6.07, 6.45) is 1.55. The molecule has 0 fully saturated rings. The van der Waals surface area contributed by atoms with Crippen molar-refractivity contribution in [2.75, 3.05) is 24.7 Å². The largest absolute Gasteiger partial charge is 0.480 e. The molecule has 0 aromatic carbocycles. The number of rotatable bonds is 9. The first kappa shape index (κ1) is 13.7. The lowest BCUT2D eigenvalue weighted by molar-refractivity contribution is -0.139. The summed E-state index contributed by atoms with van der Waals surface area (Å²) in [6, 6.07) is -0.443. The molecule has 0 aliphatic rings. The van der Waals surface area contributed by atoms with Gasteiger partial charge in [0.1, 0.15) is 6.04 Å². The Hall–Kier alpha value is -0.260. The van der Waals surface area contributed by atoms with Crippen LogP contribution in [0.15, 0.2) is 0 Å². The summed E-state index contributed by atoms with van der Waals surface area (Å²) in [6.45, 7) is 2.90. The van der Waals surface area contributed by atoms with E-state index in [1.807, 2.05) is 6.92 Å². The second-order valence-electron chi connectivity index (χ2n) is 2.97. The summed E-state index contributed by atoms with van der Waals surface area (Å²) in [5.41, 5.74) is 0. The van der Waals surface area contributed by atoms with Crippen molar-refractivity contribution in [3.05, 3.63) is 0 Å². The molecule has 0 aromatic heterocycles. The molecule has 4 nitrogen and oxygen atoms in total. The van der Waals surface area contributed by atoms with Crippen LogP contribution in [0.1, 0.15) is 19.8 Å². The van der Waals surface area contributed by atoms with Crippen LogP contribution in [0.5, 0.6) is 0 Å². The van der Waals surface area contributed by atoms with E-state index in [2.05, 4.69) is 5.32 Å². The van der Waals surface area contributed by atoms with Gasteiger partial charge in [-0.3, -0.25) is 4.79 Å². The van der Waals surface area contributed by atoms with Gasteiger partial charge >= 0.3 is 5.97 Å². The van der Waals surface area contributed by atoms with E-state index in [0.29, 0.717) is 12.2 Å². The molecule has 0 amide bonds. The van der Waals surface area contributed by atoms with Gasteiger partial charge in [-0.05, 0) is 25.1 Å². The maximum Gasteiger partial charge on any atom is 0.320 e. The van der Waals surface area contributed by atoms with Crippen LogP contribution >= 0.6 is 11.8 Å². The molecule has 0 aromatic rings. The van der Waals surface area contributed by atoms with Crippen molar-refractivity contribution in [3.8, 4) is 0 Å². The van der Waals surface area contributed by atoms with Gasteiger partial charge in [0.25, 0.3) is 0 Å². The van der Waals surface area contributed by atoms with Gasteiger partial charge in [0.15, 0.2) is 0 Å². The minimum atomic E-state index is -0.789. The first-order chi connectivity index (χ1) is 6.72. The smallest absolute Gasteiger partial charge is 0.320 e. The molecule has 0 aliphatic heterocycles. The molecule has 1 atom stereocenters. The van der Waals surface area contributed by atoms with E-state index in [9.17, 15) is 4.79 Å². The fourth-order valence-corrected chi connectivity index (χ4v) is 1.73. The third kappa shape index (κ3) is 7.17. The SMILES string of the molecule is CCCNC(CCSCCO)C(=O)O. The highest BCUT2D eigenvalue weighted by Crippen LogP contribution is 2.04. The molecular weight excluding hydrogens is 202 g/mol. The predicted octanol–water partition coefficient (Wildman–Crippen LogP) is 0.555. The summed E-state index contributed by atoms with van der Waals surface area (Å²) in [5.74, 6) is 0.664. The number of thioether (sulfide) groups is 1. The van der Waals surface area contributed by atoms with Crippen molar-refractivity contribution in [1.82, 2.24) is 5.32 Å². The van der Waals surface area contributed by atoms with Crippen molar-refractivity contribution in [3.63, 3.8) is 0 Å². The third-order valence-electron chi connectivity index (χ3n) is 1.73. The Morgan fingerprint density at radius 1 is 1.50 bits per heavy atom. The molecule has 0 rings (SSSR count).